The van der Waals surface area contributed by atoms with Crippen molar-refractivity contribution in [3.63, 3.8) is 0 Å². The van der Waals surface area contributed by atoms with Crippen molar-refractivity contribution in [2.24, 2.45) is 0 Å². The largest absolute Gasteiger partial charge is 0.428 e. The van der Waals surface area contributed by atoms with E-state index in [1.807, 2.05) is 4.98 Å². The third-order valence-electron chi connectivity index (χ3n) is 1.56. The Labute approximate surface area is 65.0 Å². The Balaban J connectivity index is 3.13. The van der Waals surface area contributed by atoms with Gasteiger partial charge in [0.2, 0.25) is 0 Å². The van der Waals surface area contributed by atoms with Gasteiger partial charge < -0.3 is 10.2 Å². The molecule has 0 atom stereocenters. The smallest absolute Gasteiger partial charge is 0.326 e. The molecule has 12 heavy (non-hydrogen) atoms. The molecule has 2 heterocycles. The number of rotatable bonds is 0. The highest BCUT2D eigenvalue weighted by Gasteiger charge is 2.04. The van der Waals surface area contributed by atoms with Crippen LogP contribution in [0.4, 0.5) is 0 Å². The lowest BCUT2D eigenvalue weighted by atomic mass is 10.5. The average Bonchev–Trinajstić information content (AvgIpc) is 2.31. The highest BCUT2D eigenvalue weighted by molar-refractivity contribution is 5.73. The van der Waals surface area contributed by atoms with Gasteiger partial charge in [-0.05, 0) is 6.07 Å². The number of aromatic nitrogens is 3. The van der Waals surface area contributed by atoms with Crippen molar-refractivity contribution in [3.05, 3.63) is 33.1 Å². The third-order valence-corrected chi connectivity index (χ3v) is 1.56. The van der Waals surface area contributed by atoms with E-state index < -0.39 is 11.2 Å². The van der Waals surface area contributed by atoms with Gasteiger partial charge >= 0.3 is 5.69 Å². The van der Waals surface area contributed by atoms with Crippen molar-refractivity contribution >= 4 is 11.0 Å². The summed E-state index contributed by atoms with van der Waals surface area (Å²) in [6, 6.07) is 1.44. The molecule has 0 unspecified atom stereocenters. The van der Waals surface area contributed by atoms with Crippen molar-refractivity contribution < 1.29 is 5.21 Å². The van der Waals surface area contributed by atoms with Gasteiger partial charge in [0.1, 0.15) is 0 Å². The van der Waals surface area contributed by atoms with E-state index in [0.717, 1.165) is 0 Å². The minimum absolute atomic E-state index is 0.0367. The van der Waals surface area contributed by atoms with E-state index in [0.29, 0.717) is 10.2 Å². The molecule has 0 aromatic carbocycles. The van der Waals surface area contributed by atoms with Crippen LogP contribution in [-0.2, 0) is 0 Å². The third kappa shape index (κ3) is 0.746. The van der Waals surface area contributed by atoms with Gasteiger partial charge in [0.15, 0.2) is 5.52 Å². The topological polar surface area (TPSA) is 90.9 Å². The molecule has 0 fully saturated rings. The molecule has 0 amide bonds. The van der Waals surface area contributed by atoms with E-state index >= 15 is 0 Å². The van der Waals surface area contributed by atoms with Crippen LogP contribution < -0.4 is 11.2 Å². The molecule has 6 heteroatoms. The summed E-state index contributed by atoms with van der Waals surface area (Å²) in [5.41, 5.74) is -0.846. The maximum absolute atomic E-state index is 11.0. The molecule has 0 radical (unpaired) electrons. The predicted octanol–water partition coefficient (Wildman–Crippen LogP) is -0.745. The number of hydrogen-bond acceptors (Lipinski definition) is 3. The zero-order chi connectivity index (χ0) is 8.72. The lowest BCUT2D eigenvalue weighted by Crippen LogP contribution is -2.22. The van der Waals surface area contributed by atoms with E-state index in [2.05, 4.69) is 4.98 Å². The Bertz CT molecular complexity index is 533. The average molecular weight is 167 g/mol. The molecule has 0 saturated heterocycles. The molecule has 2 aromatic rings. The highest BCUT2D eigenvalue weighted by Crippen LogP contribution is 2.02. The highest BCUT2D eigenvalue weighted by atomic mass is 16.5. The summed E-state index contributed by atoms with van der Waals surface area (Å²) in [5.74, 6) is 0. The summed E-state index contributed by atoms with van der Waals surface area (Å²) >= 11 is 0. The van der Waals surface area contributed by atoms with Crippen molar-refractivity contribution in [1.82, 2.24) is 14.7 Å². The lowest BCUT2D eigenvalue weighted by molar-refractivity contribution is 0.199. The maximum atomic E-state index is 11.0. The summed E-state index contributed by atoms with van der Waals surface area (Å²) in [7, 11) is 0. The van der Waals surface area contributed by atoms with Gasteiger partial charge in [0.05, 0.1) is 5.52 Å². The van der Waals surface area contributed by atoms with Crippen LogP contribution in [0.5, 0.6) is 0 Å². The van der Waals surface area contributed by atoms with E-state index in [-0.39, 0.29) is 5.52 Å². The van der Waals surface area contributed by atoms with Crippen LogP contribution in [0.25, 0.3) is 11.0 Å². The van der Waals surface area contributed by atoms with Crippen LogP contribution in [0.15, 0.2) is 21.9 Å². The molecule has 0 aliphatic carbocycles. The standard InChI is InChI=1S/C6H5N3O3/c10-5-4-3(1-2-9(4)12)7-6(11)8-5/h1-2,12H,(H2,7,8,10,11). The number of H-pyrrole nitrogens is 2. The van der Waals surface area contributed by atoms with Crippen molar-refractivity contribution in [1.29, 1.82) is 0 Å². The molecular formula is C6H5N3O3. The second-order valence-electron chi connectivity index (χ2n) is 2.33. The summed E-state index contributed by atoms with van der Waals surface area (Å²) in [5, 5.41) is 9.06. The van der Waals surface area contributed by atoms with E-state index in [1.54, 1.807) is 0 Å². The molecule has 0 aliphatic heterocycles. The zero-order valence-electron chi connectivity index (χ0n) is 5.87. The van der Waals surface area contributed by atoms with E-state index in [4.69, 9.17) is 5.21 Å². The fourth-order valence-electron chi connectivity index (χ4n) is 1.07. The fourth-order valence-corrected chi connectivity index (χ4v) is 1.07. The molecule has 6 nitrogen and oxygen atoms in total. The Kier molecular flexibility index (Phi) is 1.12. The monoisotopic (exact) mass is 167 g/mol. The first-order valence-electron chi connectivity index (χ1n) is 3.21. The van der Waals surface area contributed by atoms with Gasteiger partial charge in [-0.1, -0.05) is 0 Å². The quantitative estimate of drug-likeness (QED) is 0.451. The summed E-state index contributed by atoms with van der Waals surface area (Å²) in [4.78, 5) is 26.1. The molecule has 0 aliphatic rings. The minimum atomic E-state index is -0.610. The van der Waals surface area contributed by atoms with Gasteiger partial charge in [0, 0.05) is 6.20 Å². The number of hydrogen-bond donors (Lipinski definition) is 3. The molecule has 0 spiro atoms. The Morgan fingerprint density at radius 2 is 2.08 bits per heavy atom. The number of fused-ring (bicyclic) bond motifs is 1. The summed E-state index contributed by atoms with van der Waals surface area (Å²) in [6.45, 7) is 0. The van der Waals surface area contributed by atoms with Crippen molar-refractivity contribution in [3.8, 4) is 0 Å². The van der Waals surface area contributed by atoms with Gasteiger partial charge in [-0.15, -0.1) is 0 Å². The van der Waals surface area contributed by atoms with E-state index in [9.17, 15) is 9.59 Å². The molecule has 0 saturated carbocycles. The lowest BCUT2D eigenvalue weighted by Gasteiger charge is -1.90. The van der Waals surface area contributed by atoms with Crippen LogP contribution in [0.3, 0.4) is 0 Å². The van der Waals surface area contributed by atoms with Gasteiger partial charge in [0.25, 0.3) is 5.56 Å². The number of aromatic amines is 2. The van der Waals surface area contributed by atoms with Crippen LogP contribution in [0.1, 0.15) is 0 Å². The van der Waals surface area contributed by atoms with Crippen molar-refractivity contribution in [2.75, 3.05) is 0 Å². The van der Waals surface area contributed by atoms with Gasteiger partial charge in [-0.25, -0.2) is 4.79 Å². The molecule has 0 bridgehead atoms. The second kappa shape index (κ2) is 2.00. The SMILES string of the molecule is O=c1[nH]c(=O)c2c(ccn2O)[nH]1. The maximum Gasteiger partial charge on any atom is 0.326 e. The number of nitrogens with one attached hydrogen (secondary N) is 2. The second-order valence-corrected chi connectivity index (χ2v) is 2.33. The molecule has 2 rings (SSSR count). The summed E-state index contributed by atoms with van der Waals surface area (Å²) < 4.78 is 0.657. The predicted molar refractivity (Wildman–Crippen MR) is 40.4 cm³/mol. The molecule has 3 N–H and O–H groups in total. The normalized spacial score (nSPS) is 10.7. The Morgan fingerprint density at radius 1 is 1.33 bits per heavy atom. The first-order chi connectivity index (χ1) is 5.68. The fraction of sp³-hybridized carbons (Fsp3) is 0. The molecular weight excluding hydrogens is 162 g/mol. The Morgan fingerprint density at radius 3 is 2.83 bits per heavy atom. The summed E-state index contributed by atoms with van der Waals surface area (Å²) in [6.07, 6.45) is 1.27. The van der Waals surface area contributed by atoms with Crippen molar-refractivity contribution in [2.45, 2.75) is 0 Å². The van der Waals surface area contributed by atoms with Crippen LogP contribution in [0.2, 0.25) is 0 Å². The first-order valence-corrected chi connectivity index (χ1v) is 3.21. The van der Waals surface area contributed by atoms with Gasteiger partial charge in [-0.3, -0.25) is 9.78 Å². The van der Waals surface area contributed by atoms with E-state index in [1.165, 1.54) is 12.3 Å². The number of nitrogens with zero attached hydrogens (tertiary/aromatic N) is 1. The first kappa shape index (κ1) is 6.71. The van der Waals surface area contributed by atoms with Gasteiger partial charge in [-0.2, -0.15) is 4.73 Å². The molecule has 2 aromatic heterocycles. The molecule has 62 valence electrons. The van der Waals surface area contributed by atoms with Crippen LogP contribution in [0, 0.1) is 0 Å². The Hall–Kier alpha value is -1.98. The zero-order valence-corrected chi connectivity index (χ0v) is 5.87. The van der Waals surface area contributed by atoms with Crippen LogP contribution in [-0.4, -0.2) is 19.9 Å². The van der Waals surface area contributed by atoms with Crippen LogP contribution >= 0.6 is 0 Å². The minimum Gasteiger partial charge on any atom is -0.428 e.